The molecule has 0 atom stereocenters. The third-order valence-electron chi connectivity index (χ3n) is 1.87. The molecule has 0 aromatic carbocycles. The molecule has 0 spiro atoms. The van der Waals surface area contributed by atoms with E-state index in [4.69, 9.17) is 9.84 Å². The predicted octanol–water partition coefficient (Wildman–Crippen LogP) is 2.31. The summed E-state index contributed by atoms with van der Waals surface area (Å²) >= 11 is 0. The van der Waals surface area contributed by atoms with E-state index in [1.807, 2.05) is 0 Å². The first kappa shape index (κ1) is 16.1. The van der Waals surface area contributed by atoms with Gasteiger partial charge in [-0.15, -0.1) is 0 Å². The van der Waals surface area contributed by atoms with E-state index in [0.29, 0.717) is 6.42 Å². The van der Waals surface area contributed by atoms with Gasteiger partial charge in [0.15, 0.2) is 0 Å². The van der Waals surface area contributed by atoms with Crippen molar-refractivity contribution in [2.24, 2.45) is 0 Å². The molecule has 1 fully saturated rings. The van der Waals surface area contributed by atoms with Crippen molar-refractivity contribution in [3.05, 3.63) is 0 Å². The first-order valence-corrected chi connectivity index (χ1v) is 5.62. The smallest absolute Gasteiger partial charge is 0.407 e. The molecule has 1 saturated carbocycles. The lowest BCUT2D eigenvalue weighted by Crippen LogP contribution is -2.33. The highest BCUT2D eigenvalue weighted by atomic mass is 19.3. The van der Waals surface area contributed by atoms with Gasteiger partial charge in [-0.1, -0.05) is 0 Å². The maximum Gasteiger partial charge on any atom is 0.407 e. The lowest BCUT2D eigenvalue weighted by molar-refractivity contribution is -0.0717. The molecule has 1 rings (SSSR count). The summed E-state index contributed by atoms with van der Waals surface area (Å²) in [5.41, 5.74) is -0.473. The Morgan fingerprint density at radius 1 is 1.41 bits per heavy atom. The van der Waals surface area contributed by atoms with E-state index in [2.05, 4.69) is 5.32 Å². The minimum absolute atomic E-state index is 0.0702. The fourth-order valence-corrected chi connectivity index (χ4v) is 0.916. The molecule has 0 radical (unpaired) electrons. The molecule has 1 amide bonds. The van der Waals surface area contributed by atoms with Crippen LogP contribution < -0.4 is 5.32 Å². The van der Waals surface area contributed by atoms with Crippen LogP contribution in [-0.2, 0) is 4.74 Å². The summed E-state index contributed by atoms with van der Waals surface area (Å²) in [5.74, 6) is -2.28. The fourth-order valence-electron chi connectivity index (χ4n) is 0.916. The summed E-state index contributed by atoms with van der Waals surface area (Å²) in [7, 11) is 0. The zero-order valence-corrected chi connectivity index (χ0v) is 10.6. The molecular weight excluding hydrogens is 232 g/mol. The van der Waals surface area contributed by atoms with E-state index >= 15 is 0 Å². The highest BCUT2D eigenvalue weighted by molar-refractivity contribution is 5.67. The van der Waals surface area contributed by atoms with Gasteiger partial charge < -0.3 is 15.2 Å². The topological polar surface area (TPSA) is 58.6 Å². The molecule has 0 heterocycles. The average Bonchev–Trinajstić information content (AvgIpc) is 2.11. The van der Waals surface area contributed by atoms with Crippen molar-refractivity contribution in [1.82, 2.24) is 5.32 Å². The van der Waals surface area contributed by atoms with Crippen LogP contribution in [0.3, 0.4) is 0 Å². The van der Waals surface area contributed by atoms with Crippen LogP contribution in [0.2, 0.25) is 0 Å². The molecule has 6 heteroatoms. The van der Waals surface area contributed by atoms with Crippen LogP contribution in [0.1, 0.15) is 40.0 Å². The van der Waals surface area contributed by atoms with Crippen LogP contribution in [0.5, 0.6) is 0 Å². The van der Waals surface area contributed by atoms with Crippen LogP contribution in [0.4, 0.5) is 13.6 Å². The minimum atomic E-state index is -2.28. The monoisotopic (exact) mass is 253 g/mol. The molecule has 2 N–H and O–H groups in total. The summed E-state index contributed by atoms with van der Waals surface area (Å²) < 4.78 is 28.0. The largest absolute Gasteiger partial charge is 0.444 e. The van der Waals surface area contributed by atoms with Gasteiger partial charge in [0, 0.05) is 19.4 Å². The van der Waals surface area contributed by atoms with Crippen LogP contribution >= 0.6 is 0 Å². The summed E-state index contributed by atoms with van der Waals surface area (Å²) in [6.45, 7) is 5.51. The molecule has 102 valence electrons. The molecule has 0 bridgehead atoms. The van der Waals surface area contributed by atoms with Crippen molar-refractivity contribution in [2.75, 3.05) is 13.2 Å². The highest BCUT2D eigenvalue weighted by Crippen LogP contribution is 2.36. The van der Waals surface area contributed by atoms with Crippen molar-refractivity contribution < 1.29 is 23.4 Å². The number of aliphatic hydroxyl groups is 1. The van der Waals surface area contributed by atoms with Crippen LogP contribution in [0, 0.1) is 0 Å². The van der Waals surface area contributed by atoms with Gasteiger partial charge in [-0.2, -0.15) is 0 Å². The third kappa shape index (κ3) is 9.99. The van der Waals surface area contributed by atoms with Gasteiger partial charge in [0.05, 0.1) is 6.61 Å². The Balaban J connectivity index is 0.000000354. The van der Waals surface area contributed by atoms with E-state index in [1.54, 1.807) is 20.8 Å². The number of rotatable bonds is 2. The Morgan fingerprint density at radius 2 is 1.88 bits per heavy atom. The van der Waals surface area contributed by atoms with Gasteiger partial charge in [-0.3, -0.25) is 0 Å². The first-order chi connectivity index (χ1) is 7.66. The number of carbonyl (C=O) groups is 1. The molecule has 0 aliphatic heterocycles. The second-order valence-corrected chi connectivity index (χ2v) is 4.86. The number of alkyl halides is 2. The molecule has 0 aromatic heterocycles. The Morgan fingerprint density at radius 3 is 2.12 bits per heavy atom. The van der Waals surface area contributed by atoms with Gasteiger partial charge in [-0.05, 0) is 27.2 Å². The zero-order valence-electron chi connectivity index (χ0n) is 10.6. The van der Waals surface area contributed by atoms with E-state index in [9.17, 15) is 13.6 Å². The Kier molecular flexibility index (Phi) is 6.37. The highest BCUT2D eigenvalue weighted by Gasteiger charge is 2.36. The van der Waals surface area contributed by atoms with Crippen molar-refractivity contribution in [1.29, 1.82) is 0 Å². The predicted molar refractivity (Wildman–Crippen MR) is 60.1 cm³/mol. The maximum absolute atomic E-state index is 11.5. The van der Waals surface area contributed by atoms with E-state index in [-0.39, 0.29) is 26.0 Å². The summed E-state index contributed by atoms with van der Waals surface area (Å²) in [5, 5.41) is 10.7. The molecule has 0 aromatic rings. The van der Waals surface area contributed by atoms with Crippen LogP contribution in [0.15, 0.2) is 0 Å². The standard InChI is InChI=1S/C7H15NO3.C4H6F2/c1-7(2,3)11-6(10)8-4-5-9;5-4(6)2-1-3-4/h9H,4-5H2,1-3H3,(H,8,10);1-3H2. The number of amides is 1. The molecule has 1 aliphatic rings. The molecule has 4 nitrogen and oxygen atoms in total. The number of carbonyl (C=O) groups excluding carboxylic acids is 1. The average molecular weight is 253 g/mol. The van der Waals surface area contributed by atoms with Gasteiger partial charge in [0.1, 0.15) is 5.60 Å². The lowest BCUT2D eigenvalue weighted by Gasteiger charge is -2.23. The van der Waals surface area contributed by atoms with Gasteiger partial charge in [-0.25, -0.2) is 13.6 Å². The molecule has 0 unspecified atom stereocenters. The molecule has 0 saturated heterocycles. The van der Waals surface area contributed by atoms with Gasteiger partial charge in [0.25, 0.3) is 0 Å². The number of alkyl carbamates (subject to hydrolysis) is 1. The van der Waals surface area contributed by atoms with Crippen molar-refractivity contribution in [3.8, 4) is 0 Å². The number of halogens is 2. The summed E-state index contributed by atoms with van der Waals surface area (Å²) in [6, 6.07) is 0. The Hall–Kier alpha value is -0.910. The Bertz CT molecular complexity index is 233. The second-order valence-electron chi connectivity index (χ2n) is 4.86. The normalized spacial score (nSPS) is 17.3. The van der Waals surface area contributed by atoms with Crippen molar-refractivity contribution >= 4 is 6.09 Å². The molecular formula is C11H21F2NO3. The summed E-state index contributed by atoms with van der Waals surface area (Å²) in [6.07, 6.45) is 0.457. The Labute approximate surface area is 100 Å². The second kappa shape index (κ2) is 6.74. The molecule has 17 heavy (non-hydrogen) atoms. The fraction of sp³-hybridized carbons (Fsp3) is 0.909. The SMILES string of the molecule is CC(C)(C)OC(=O)NCCO.FC1(F)CCC1. The number of ether oxygens (including phenoxy) is 1. The minimum Gasteiger partial charge on any atom is -0.444 e. The van der Waals surface area contributed by atoms with E-state index in [0.717, 1.165) is 0 Å². The summed E-state index contributed by atoms with van der Waals surface area (Å²) in [4.78, 5) is 10.8. The number of nitrogens with one attached hydrogen (secondary N) is 1. The number of hydrogen-bond donors (Lipinski definition) is 2. The van der Waals surface area contributed by atoms with Crippen molar-refractivity contribution in [2.45, 2.75) is 51.6 Å². The maximum atomic E-state index is 11.5. The zero-order chi connectivity index (χ0) is 13.5. The van der Waals surface area contributed by atoms with Gasteiger partial charge >= 0.3 is 6.09 Å². The van der Waals surface area contributed by atoms with Crippen LogP contribution in [0.25, 0.3) is 0 Å². The van der Waals surface area contributed by atoms with Crippen molar-refractivity contribution in [3.63, 3.8) is 0 Å². The quantitative estimate of drug-likeness (QED) is 0.794. The number of hydrogen-bond acceptors (Lipinski definition) is 3. The third-order valence-corrected chi connectivity index (χ3v) is 1.87. The van der Waals surface area contributed by atoms with E-state index in [1.165, 1.54) is 0 Å². The van der Waals surface area contributed by atoms with Gasteiger partial charge in [0.2, 0.25) is 5.92 Å². The molecule has 1 aliphatic carbocycles. The first-order valence-electron chi connectivity index (χ1n) is 5.62. The lowest BCUT2D eigenvalue weighted by atomic mass is 9.95. The van der Waals surface area contributed by atoms with E-state index < -0.39 is 17.6 Å². The van der Waals surface area contributed by atoms with Crippen LogP contribution in [-0.4, -0.2) is 35.9 Å². The number of aliphatic hydroxyl groups excluding tert-OH is 1.